The smallest absolute Gasteiger partial charge is 0.309 e. The van der Waals surface area contributed by atoms with E-state index in [1.54, 1.807) is 19.9 Å². The van der Waals surface area contributed by atoms with Crippen LogP contribution in [0, 0.1) is 12.3 Å². The Balaban J connectivity index is 3.22. The second-order valence-corrected chi connectivity index (χ2v) is 5.15. The second-order valence-electron chi connectivity index (χ2n) is 4.74. The van der Waals surface area contributed by atoms with Gasteiger partial charge in [-0.1, -0.05) is 17.7 Å². The van der Waals surface area contributed by atoms with Crippen LogP contribution in [0.15, 0.2) is 12.1 Å². The van der Waals surface area contributed by atoms with Crippen molar-refractivity contribution in [3.63, 3.8) is 0 Å². The number of carboxylic acids is 1. The van der Waals surface area contributed by atoms with E-state index in [1.165, 1.54) is 7.11 Å². The Hall–Kier alpha value is -1.22. The van der Waals surface area contributed by atoms with E-state index in [9.17, 15) is 4.79 Å². The van der Waals surface area contributed by atoms with Gasteiger partial charge in [-0.15, -0.1) is 0 Å². The van der Waals surface area contributed by atoms with Crippen LogP contribution in [0.4, 0.5) is 0 Å². The molecule has 0 saturated carbocycles. The molecular formula is C13H17ClO3. The van der Waals surface area contributed by atoms with Crippen molar-refractivity contribution in [1.82, 2.24) is 0 Å². The van der Waals surface area contributed by atoms with Crippen molar-refractivity contribution in [1.29, 1.82) is 0 Å². The van der Waals surface area contributed by atoms with Gasteiger partial charge in [-0.3, -0.25) is 4.79 Å². The van der Waals surface area contributed by atoms with Crippen LogP contribution >= 0.6 is 11.6 Å². The minimum absolute atomic E-state index is 0.387. The Morgan fingerprint density at radius 3 is 2.53 bits per heavy atom. The predicted molar refractivity (Wildman–Crippen MR) is 67.9 cm³/mol. The molecule has 0 spiro atoms. The maximum absolute atomic E-state index is 11.1. The van der Waals surface area contributed by atoms with Crippen molar-refractivity contribution >= 4 is 17.6 Å². The van der Waals surface area contributed by atoms with Gasteiger partial charge in [-0.2, -0.15) is 0 Å². The molecule has 17 heavy (non-hydrogen) atoms. The quantitative estimate of drug-likeness (QED) is 0.899. The lowest BCUT2D eigenvalue weighted by atomic mass is 9.84. The zero-order chi connectivity index (χ0) is 13.2. The summed E-state index contributed by atoms with van der Waals surface area (Å²) < 4.78 is 5.26. The molecule has 1 N–H and O–H groups in total. The topological polar surface area (TPSA) is 46.5 Å². The van der Waals surface area contributed by atoms with Crippen molar-refractivity contribution in [2.75, 3.05) is 7.11 Å². The molecule has 1 aromatic rings. The number of rotatable bonds is 4. The summed E-state index contributed by atoms with van der Waals surface area (Å²) in [6, 6.07) is 3.63. The van der Waals surface area contributed by atoms with E-state index in [4.69, 9.17) is 21.4 Å². The van der Waals surface area contributed by atoms with Gasteiger partial charge >= 0.3 is 5.97 Å². The first-order valence-corrected chi connectivity index (χ1v) is 5.72. The van der Waals surface area contributed by atoms with E-state index in [1.807, 2.05) is 13.0 Å². The van der Waals surface area contributed by atoms with E-state index in [-0.39, 0.29) is 0 Å². The standard InChI is InChI=1S/C13H17ClO3/c1-8-5-6-10(14)11(17-4)9(8)7-13(2,3)12(15)16/h5-6H,7H2,1-4H3,(H,15,16). The maximum Gasteiger partial charge on any atom is 0.309 e. The number of ether oxygens (including phenoxy) is 1. The summed E-state index contributed by atoms with van der Waals surface area (Å²) in [4.78, 5) is 11.1. The minimum Gasteiger partial charge on any atom is -0.495 e. The largest absolute Gasteiger partial charge is 0.495 e. The van der Waals surface area contributed by atoms with Gasteiger partial charge in [0, 0.05) is 0 Å². The third kappa shape index (κ3) is 2.91. The van der Waals surface area contributed by atoms with E-state index >= 15 is 0 Å². The number of benzene rings is 1. The number of aliphatic carboxylic acids is 1. The number of aryl methyl sites for hydroxylation is 1. The van der Waals surface area contributed by atoms with Crippen LogP contribution in [-0.4, -0.2) is 18.2 Å². The Bertz CT molecular complexity index is 439. The van der Waals surface area contributed by atoms with Crippen LogP contribution in [0.3, 0.4) is 0 Å². The van der Waals surface area contributed by atoms with Crippen LogP contribution in [0.5, 0.6) is 5.75 Å². The fourth-order valence-electron chi connectivity index (χ4n) is 1.66. The molecule has 94 valence electrons. The molecule has 1 rings (SSSR count). The summed E-state index contributed by atoms with van der Waals surface area (Å²) in [5, 5.41) is 9.66. The summed E-state index contributed by atoms with van der Waals surface area (Å²) in [6.07, 6.45) is 0.387. The second kappa shape index (κ2) is 4.96. The molecule has 0 aromatic heterocycles. The molecule has 0 saturated heterocycles. The fourth-order valence-corrected chi connectivity index (χ4v) is 1.91. The third-order valence-corrected chi connectivity index (χ3v) is 3.15. The number of carboxylic acid groups (broad SMARTS) is 1. The van der Waals surface area contributed by atoms with Crippen LogP contribution in [0.2, 0.25) is 5.02 Å². The number of halogens is 1. The first kappa shape index (κ1) is 13.8. The van der Waals surface area contributed by atoms with Gasteiger partial charge in [0.05, 0.1) is 17.5 Å². The Morgan fingerprint density at radius 2 is 2.06 bits per heavy atom. The summed E-state index contributed by atoms with van der Waals surface area (Å²) in [6.45, 7) is 5.30. The Labute approximate surface area is 106 Å². The van der Waals surface area contributed by atoms with Gasteiger partial charge in [0.2, 0.25) is 0 Å². The average Bonchev–Trinajstić information content (AvgIpc) is 2.23. The molecule has 0 fully saturated rings. The maximum atomic E-state index is 11.1. The third-order valence-electron chi connectivity index (χ3n) is 2.85. The van der Waals surface area contributed by atoms with Crippen molar-refractivity contribution in [2.45, 2.75) is 27.2 Å². The minimum atomic E-state index is -0.845. The molecule has 0 radical (unpaired) electrons. The lowest BCUT2D eigenvalue weighted by Crippen LogP contribution is -2.26. The first-order chi connectivity index (χ1) is 7.79. The molecule has 1 aromatic carbocycles. The SMILES string of the molecule is COc1c(Cl)ccc(C)c1CC(C)(C)C(=O)O. The van der Waals surface area contributed by atoms with Gasteiger partial charge in [0.25, 0.3) is 0 Å². The van der Waals surface area contributed by atoms with Gasteiger partial charge in [-0.05, 0) is 44.4 Å². The van der Waals surface area contributed by atoms with Crippen LogP contribution in [0.1, 0.15) is 25.0 Å². The highest BCUT2D eigenvalue weighted by Gasteiger charge is 2.29. The molecule has 0 amide bonds. The zero-order valence-electron chi connectivity index (χ0n) is 10.5. The summed E-state index contributed by atoms with van der Waals surface area (Å²) in [5.41, 5.74) is 0.996. The van der Waals surface area contributed by atoms with Crippen molar-refractivity contribution in [3.05, 3.63) is 28.3 Å². The van der Waals surface area contributed by atoms with Crippen LogP contribution in [0.25, 0.3) is 0 Å². The molecule has 0 atom stereocenters. The molecule has 0 aliphatic heterocycles. The van der Waals surface area contributed by atoms with Gasteiger partial charge in [0.1, 0.15) is 5.75 Å². The highest BCUT2D eigenvalue weighted by atomic mass is 35.5. The molecule has 3 nitrogen and oxygen atoms in total. The molecule has 0 heterocycles. The molecule has 0 unspecified atom stereocenters. The Kier molecular flexibility index (Phi) is 4.04. The van der Waals surface area contributed by atoms with E-state index < -0.39 is 11.4 Å². The van der Waals surface area contributed by atoms with E-state index in [0.29, 0.717) is 17.2 Å². The van der Waals surface area contributed by atoms with Crippen molar-refractivity contribution < 1.29 is 14.6 Å². The molecular weight excluding hydrogens is 240 g/mol. The number of hydrogen-bond donors (Lipinski definition) is 1. The van der Waals surface area contributed by atoms with E-state index in [0.717, 1.165) is 11.1 Å². The lowest BCUT2D eigenvalue weighted by molar-refractivity contribution is -0.146. The van der Waals surface area contributed by atoms with E-state index in [2.05, 4.69) is 0 Å². The molecule has 0 aliphatic rings. The predicted octanol–water partition coefficient (Wildman–Crippen LogP) is 3.31. The average molecular weight is 257 g/mol. The molecule has 4 heteroatoms. The highest BCUT2D eigenvalue weighted by Crippen LogP contribution is 2.35. The summed E-state index contributed by atoms with van der Waals surface area (Å²) in [7, 11) is 1.54. The van der Waals surface area contributed by atoms with Crippen LogP contribution < -0.4 is 4.74 Å². The molecule has 0 aliphatic carbocycles. The van der Waals surface area contributed by atoms with Crippen LogP contribution in [-0.2, 0) is 11.2 Å². The normalized spacial score (nSPS) is 11.4. The summed E-state index contributed by atoms with van der Waals surface area (Å²) >= 11 is 6.04. The van der Waals surface area contributed by atoms with Gasteiger partial charge < -0.3 is 9.84 Å². The summed E-state index contributed by atoms with van der Waals surface area (Å²) in [5.74, 6) is -0.264. The fraction of sp³-hybridized carbons (Fsp3) is 0.462. The van der Waals surface area contributed by atoms with Gasteiger partial charge in [-0.25, -0.2) is 0 Å². The molecule has 0 bridgehead atoms. The zero-order valence-corrected chi connectivity index (χ0v) is 11.3. The number of carbonyl (C=O) groups is 1. The number of methoxy groups -OCH3 is 1. The van der Waals surface area contributed by atoms with Crippen molar-refractivity contribution in [3.8, 4) is 5.75 Å². The Morgan fingerprint density at radius 1 is 1.47 bits per heavy atom. The first-order valence-electron chi connectivity index (χ1n) is 5.35. The highest BCUT2D eigenvalue weighted by molar-refractivity contribution is 6.32. The lowest BCUT2D eigenvalue weighted by Gasteiger charge is -2.22. The van der Waals surface area contributed by atoms with Gasteiger partial charge in [0.15, 0.2) is 0 Å². The number of hydrogen-bond acceptors (Lipinski definition) is 2. The monoisotopic (exact) mass is 256 g/mol. The van der Waals surface area contributed by atoms with Crippen molar-refractivity contribution in [2.24, 2.45) is 5.41 Å².